The van der Waals surface area contributed by atoms with E-state index in [1.165, 1.54) is 0 Å². The van der Waals surface area contributed by atoms with Gasteiger partial charge in [0.1, 0.15) is 11.5 Å². The van der Waals surface area contributed by atoms with E-state index in [9.17, 15) is 4.79 Å². The van der Waals surface area contributed by atoms with Gasteiger partial charge in [-0.3, -0.25) is 4.98 Å². The molecule has 0 saturated heterocycles. The van der Waals surface area contributed by atoms with Crippen LogP contribution in [-0.4, -0.2) is 15.0 Å². The van der Waals surface area contributed by atoms with Crippen LogP contribution in [0.3, 0.4) is 0 Å². The van der Waals surface area contributed by atoms with E-state index in [0.717, 1.165) is 15.4 Å². The number of hydrogen-bond acceptors (Lipinski definition) is 4. The molecular formula is C14H11BrN4O. The van der Waals surface area contributed by atoms with Crippen LogP contribution in [0.15, 0.2) is 51.9 Å². The number of nitrogens with one attached hydrogen (secondary N) is 2. The van der Waals surface area contributed by atoms with E-state index in [1.54, 1.807) is 6.20 Å². The maximum Gasteiger partial charge on any atom is 0.348 e. The fraction of sp³-hybridized carbons (Fsp3) is 0.0714. The van der Waals surface area contributed by atoms with Gasteiger partial charge in [-0.2, -0.15) is 4.98 Å². The Kier molecular flexibility index (Phi) is 3.47. The lowest BCUT2D eigenvalue weighted by molar-refractivity contribution is 1.05. The fourth-order valence-electron chi connectivity index (χ4n) is 1.91. The van der Waals surface area contributed by atoms with E-state index >= 15 is 0 Å². The van der Waals surface area contributed by atoms with Gasteiger partial charge in [0.05, 0.1) is 5.39 Å². The number of anilines is 1. The number of pyridine rings is 1. The van der Waals surface area contributed by atoms with Gasteiger partial charge in [-0.1, -0.05) is 28.1 Å². The molecule has 5 nitrogen and oxygen atoms in total. The highest BCUT2D eigenvalue weighted by atomic mass is 79.9. The van der Waals surface area contributed by atoms with Gasteiger partial charge >= 0.3 is 5.69 Å². The standard InChI is InChI=1S/C14H11BrN4O/c15-10-5-3-9(4-6-10)8-17-13-11-2-1-7-16-12(11)18-14(20)19-13/h1-7H,8H2,(H2,16,17,18,19,20). The lowest BCUT2D eigenvalue weighted by Crippen LogP contribution is -2.14. The lowest BCUT2D eigenvalue weighted by atomic mass is 10.2. The highest BCUT2D eigenvalue weighted by molar-refractivity contribution is 9.10. The third kappa shape index (κ3) is 2.70. The Balaban J connectivity index is 1.90. The first-order chi connectivity index (χ1) is 9.72. The van der Waals surface area contributed by atoms with E-state index in [0.29, 0.717) is 18.0 Å². The van der Waals surface area contributed by atoms with Crippen molar-refractivity contribution in [2.75, 3.05) is 5.32 Å². The molecule has 0 aliphatic heterocycles. The zero-order chi connectivity index (χ0) is 13.9. The molecule has 0 spiro atoms. The minimum Gasteiger partial charge on any atom is -0.365 e. The molecule has 0 amide bonds. The number of hydrogen-bond donors (Lipinski definition) is 2. The van der Waals surface area contributed by atoms with Gasteiger partial charge in [-0.15, -0.1) is 0 Å². The second-order valence-electron chi connectivity index (χ2n) is 4.27. The normalized spacial score (nSPS) is 10.7. The van der Waals surface area contributed by atoms with Gasteiger partial charge in [0.15, 0.2) is 0 Å². The number of aromatic nitrogens is 3. The van der Waals surface area contributed by atoms with Gasteiger partial charge in [-0.05, 0) is 29.8 Å². The molecule has 0 atom stereocenters. The van der Waals surface area contributed by atoms with Gasteiger partial charge in [0.25, 0.3) is 0 Å². The smallest absolute Gasteiger partial charge is 0.348 e. The maximum atomic E-state index is 11.5. The van der Waals surface area contributed by atoms with Crippen molar-refractivity contribution >= 4 is 32.8 Å². The van der Waals surface area contributed by atoms with Crippen LogP contribution >= 0.6 is 15.9 Å². The van der Waals surface area contributed by atoms with E-state index in [4.69, 9.17) is 0 Å². The Morgan fingerprint density at radius 2 is 2.00 bits per heavy atom. The largest absolute Gasteiger partial charge is 0.365 e. The Hall–Kier alpha value is -2.21. The van der Waals surface area contributed by atoms with E-state index < -0.39 is 5.69 Å². The summed E-state index contributed by atoms with van der Waals surface area (Å²) in [6.07, 6.45) is 1.64. The predicted molar refractivity (Wildman–Crippen MR) is 81.6 cm³/mol. The number of benzene rings is 1. The van der Waals surface area contributed by atoms with Crippen LogP contribution in [0.5, 0.6) is 0 Å². The van der Waals surface area contributed by atoms with Crippen molar-refractivity contribution in [2.45, 2.75) is 6.54 Å². The topological polar surface area (TPSA) is 70.7 Å². The van der Waals surface area contributed by atoms with E-state index in [1.807, 2.05) is 36.4 Å². The number of aromatic amines is 1. The van der Waals surface area contributed by atoms with Gasteiger partial charge < -0.3 is 5.32 Å². The van der Waals surface area contributed by atoms with Crippen molar-refractivity contribution in [3.05, 3.63) is 63.1 Å². The molecule has 1 aromatic carbocycles. The SMILES string of the molecule is O=c1nc(NCc2ccc(Br)cc2)c2cccnc2[nH]1. The number of fused-ring (bicyclic) bond motifs is 1. The van der Waals surface area contributed by atoms with Crippen molar-refractivity contribution in [2.24, 2.45) is 0 Å². The molecule has 2 heterocycles. The second-order valence-corrected chi connectivity index (χ2v) is 5.19. The molecule has 3 rings (SSSR count). The van der Waals surface area contributed by atoms with Crippen LogP contribution in [0, 0.1) is 0 Å². The molecule has 6 heteroatoms. The Morgan fingerprint density at radius 3 is 2.80 bits per heavy atom. The Morgan fingerprint density at radius 1 is 1.20 bits per heavy atom. The monoisotopic (exact) mass is 330 g/mol. The number of H-pyrrole nitrogens is 1. The van der Waals surface area contributed by atoms with Crippen molar-refractivity contribution in [1.29, 1.82) is 0 Å². The molecule has 0 bridgehead atoms. The van der Waals surface area contributed by atoms with Crippen molar-refractivity contribution in [1.82, 2.24) is 15.0 Å². The van der Waals surface area contributed by atoms with Crippen LogP contribution in [0.25, 0.3) is 11.0 Å². The molecule has 0 aliphatic rings. The quantitative estimate of drug-likeness (QED) is 0.774. The zero-order valence-corrected chi connectivity index (χ0v) is 12.0. The highest BCUT2D eigenvalue weighted by Crippen LogP contribution is 2.17. The zero-order valence-electron chi connectivity index (χ0n) is 10.4. The minimum atomic E-state index is -0.408. The van der Waals surface area contributed by atoms with Crippen LogP contribution in [-0.2, 0) is 6.54 Å². The summed E-state index contributed by atoms with van der Waals surface area (Å²) in [5.41, 5.74) is 1.23. The third-order valence-electron chi connectivity index (χ3n) is 2.87. The predicted octanol–water partition coefficient (Wildman–Crippen LogP) is 2.69. The molecule has 100 valence electrons. The van der Waals surface area contributed by atoms with E-state index in [2.05, 4.69) is 36.2 Å². The van der Waals surface area contributed by atoms with Crippen molar-refractivity contribution in [3.63, 3.8) is 0 Å². The summed E-state index contributed by atoms with van der Waals surface area (Å²) in [6.45, 7) is 0.591. The minimum absolute atomic E-state index is 0.408. The summed E-state index contributed by atoms with van der Waals surface area (Å²) in [7, 11) is 0. The molecule has 0 saturated carbocycles. The van der Waals surface area contributed by atoms with E-state index in [-0.39, 0.29) is 0 Å². The first-order valence-corrected chi connectivity index (χ1v) is 6.85. The Labute approximate surface area is 123 Å². The summed E-state index contributed by atoms with van der Waals surface area (Å²) in [4.78, 5) is 22.2. The summed E-state index contributed by atoms with van der Waals surface area (Å²) in [6, 6.07) is 11.6. The lowest BCUT2D eigenvalue weighted by Gasteiger charge is -2.07. The molecule has 0 aliphatic carbocycles. The first kappa shape index (κ1) is 12.8. The molecule has 2 N–H and O–H groups in total. The van der Waals surface area contributed by atoms with Gasteiger partial charge in [0, 0.05) is 17.2 Å². The molecule has 0 radical (unpaired) electrons. The summed E-state index contributed by atoms with van der Waals surface area (Å²) < 4.78 is 1.03. The van der Waals surface area contributed by atoms with Gasteiger partial charge in [0.2, 0.25) is 0 Å². The van der Waals surface area contributed by atoms with Crippen LogP contribution < -0.4 is 11.0 Å². The molecular weight excluding hydrogens is 320 g/mol. The van der Waals surface area contributed by atoms with Crippen LogP contribution in [0.1, 0.15) is 5.56 Å². The fourth-order valence-corrected chi connectivity index (χ4v) is 2.17. The highest BCUT2D eigenvalue weighted by Gasteiger charge is 2.05. The number of halogens is 1. The third-order valence-corrected chi connectivity index (χ3v) is 3.40. The molecule has 2 aromatic heterocycles. The van der Waals surface area contributed by atoms with Crippen LogP contribution in [0.2, 0.25) is 0 Å². The summed E-state index contributed by atoms with van der Waals surface area (Å²) >= 11 is 3.40. The van der Waals surface area contributed by atoms with Crippen molar-refractivity contribution in [3.8, 4) is 0 Å². The second kappa shape index (κ2) is 5.42. The number of rotatable bonds is 3. The number of nitrogens with zero attached hydrogens (tertiary/aromatic N) is 2. The summed E-state index contributed by atoms with van der Waals surface area (Å²) in [5, 5.41) is 3.97. The summed E-state index contributed by atoms with van der Waals surface area (Å²) in [5.74, 6) is 0.541. The average Bonchev–Trinajstić information content (AvgIpc) is 2.46. The molecule has 3 aromatic rings. The molecule has 0 fully saturated rings. The van der Waals surface area contributed by atoms with Crippen molar-refractivity contribution < 1.29 is 0 Å². The van der Waals surface area contributed by atoms with Gasteiger partial charge in [-0.25, -0.2) is 9.78 Å². The Bertz CT molecular complexity index is 798. The first-order valence-electron chi connectivity index (χ1n) is 6.06. The average molecular weight is 331 g/mol. The maximum absolute atomic E-state index is 11.5. The molecule has 20 heavy (non-hydrogen) atoms. The van der Waals surface area contributed by atoms with Crippen LogP contribution in [0.4, 0.5) is 5.82 Å². The molecule has 0 unspecified atom stereocenters.